The summed E-state index contributed by atoms with van der Waals surface area (Å²) in [5.41, 5.74) is 2.62. The van der Waals surface area contributed by atoms with Crippen molar-refractivity contribution in [3.63, 3.8) is 0 Å². The van der Waals surface area contributed by atoms with Gasteiger partial charge in [0.15, 0.2) is 5.82 Å². The summed E-state index contributed by atoms with van der Waals surface area (Å²) in [5, 5.41) is 5.59. The molecule has 4 nitrogen and oxygen atoms in total. The maximum Gasteiger partial charge on any atom is 0.169 e. The van der Waals surface area contributed by atoms with Crippen LogP contribution in [0.3, 0.4) is 0 Å². The highest BCUT2D eigenvalue weighted by Gasteiger charge is 2.20. The number of thiophene rings is 1. The van der Waals surface area contributed by atoms with Crippen molar-refractivity contribution in [3.8, 4) is 10.7 Å². The molecule has 27 heavy (non-hydrogen) atoms. The van der Waals surface area contributed by atoms with E-state index in [0.717, 1.165) is 35.9 Å². The van der Waals surface area contributed by atoms with Crippen molar-refractivity contribution in [1.29, 1.82) is 0 Å². The summed E-state index contributed by atoms with van der Waals surface area (Å²) in [6, 6.07) is 15.0. The first kappa shape index (κ1) is 18.3. The standard InChI is InChI=1S/C22H26N4S/c1-2-6-19(7-3-1)20-8-4-11-26(17-20)12-10-23-14-18-15-24-22(25-16-18)21-9-5-13-27-21/h1-3,5-7,9,13,15-16,20,23H,4,8,10-12,14,17H2/t20-/m0/s1. The van der Waals surface area contributed by atoms with Crippen LogP contribution in [0.4, 0.5) is 0 Å². The zero-order chi connectivity index (χ0) is 18.3. The predicted octanol–water partition coefficient (Wildman–Crippen LogP) is 4.17. The van der Waals surface area contributed by atoms with Crippen LogP contribution in [-0.2, 0) is 6.54 Å². The van der Waals surface area contributed by atoms with E-state index in [1.807, 2.05) is 18.5 Å². The second kappa shape index (κ2) is 9.22. The van der Waals surface area contributed by atoms with Crippen LogP contribution in [0.2, 0.25) is 0 Å². The zero-order valence-corrected chi connectivity index (χ0v) is 16.4. The molecule has 5 heteroatoms. The number of hydrogen-bond acceptors (Lipinski definition) is 5. The summed E-state index contributed by atoms with van der Waals surface area (Å²) in [6.07, 6.45) is 6.46. The highest BCUT2D eigenvalue weighted by atomic mass is 32.1. The molecular formula is C22H26N4S. The number of likely N-dealkylation sites (tertiary alicyclic amines) is 1. The van der Waals surface area contributed by atoms with Gasteiger partial charge in [-0.25, -0.2) is 9.97 Å². The van der Waals surface area contributed by atoms with Gasteiger partial charge < -0.3 is 10.2 Å². The van der Waals surface area contributed by atoms with E-state index < -0.39 is 0 Å². The predicted molar refractivity (Wildman–Crippen MR) is 112 cm³/mol. The molecule has 0 radical (unpaired) electrons. The first-order valence-electron chi connectivity index (χ1n) is 9.71. The quantitative estimate of drug-likeness (QED) is 0.627. The van der Waals surface area contributed by atoms with Gasteiger partial charge in [-0.15, -0.1) is 11.3 Å². The van der Waals surface area contributed by atoms with Gasteiger partial charge in [-0.2, -0.15) is 0 Å². The lowest BCUT2D eigenvalue weighted by molar-refractivity contribution is 0.208. The Hall–Kier alpha value is -2.08. The Morgan fingerprint density at radius 1 is 1.07 bits per heavy atom. The lowest BCUT2D eigenvalue weighted by atomic mass is 9.91. The molecule has 1 aromatic carbocycles. The van der Waals surface area contributed by atoms with E-state index in [4.69, 9.17) is 0 Å². The summed E-state index contributed by atoms with van der Waals surface area (Å²) in [6.45, 7) is 5.29. The van der Waals surface area contributed by atoms with Crippen LogP contribution >= 0.6 is 11.3 Å². The minimum absolute atomic E-state index is 0.679. The Kier molecular flexibility index (Phi) is 6.25. The highest BCUT2D eigenvalue weighted by molar-refractivity contribution is 7.13. The third kappa shape index (κ3) is 5.01. The van der Waals surface area contributed by atoms with Crippen LogP contribution in [0.1, 0.15) is 29.9 Å². The van der Waals surface area contributed by atoms with Crippen molar-refractivity contribution in [2.45, 2.75) is 25.3 Å². The molecule has 2 aromatic heterocycles. The third-order valence-electron chi connectivity index (χ3n) is 5.16. The van der Waals surface area contributed by atoms with E-state index in [2.05, 4.69) is 62.0 Å². The molecule has 140 valence electrons. The van der Waals surface area contributed by atoms with Gasteiger partial charge in [0.2, 0.25) is 0 Å². The van der Waals surface area contributed by atoms with Crippen LogP contribution in [0.15, 0.2) is 60.2 Å². The average Bonchev–Trinajstić information content (AvgIpc) is 3.27. The summed E-state index contributed by atoms with van der Waals surface area (Å²) in [4.78, 5) is 12.7. The molecule has 1 aliphatic heterocycles. The van der Waals surface area contributed by atoms with Gasteiger partial charge in [-0.3, -0.25) is 0 Å². The lowest BCUT2D eigenvalue weighted by Crippen LogP contribution is -2.38. The van der Waals surface area contributed by atoms with Gasteiger partial charge in [0.05, 0.1) is 4.88 Å². The second-order valence-electron chi connectivity index (χ2n) is 7.12. The van der Waals surface area contributed by atoms with E-state index in [9.17, 15) is 0 Å². The van der Waals surface area contributed by atoms with Gasteiger partial charge in [0, 0.05) is 44.1 Å². The largest absolute Gasteiger partial charge is 0.311 e. The molecule has 1 fully saturated rings. The molecule has 0 amide bonds. The SMILES string of the molecule is c1ccc([C@H]2CCCN(CCNCc3cnc(-c4cccs4)nc3)C2)cc1. The van der Waals surface area contributed by atoms with Gasteiger partial charge in [-0.05, 0) is 42.3 Å². The summed E-state index contributed by atoms with van der Waals surface area (Å²) in [7, 11) is 0. The Morgan fingerprint density at radius 3 is 2.70 bits per heavy atom. The Bertz CT molecular complexity index is 802. The van der Waals surface area contributed by atoms with Crippen molar-refractivity contribution in [1.82, 2.24) is 20.2 Å². The van der Waals surface area contributed by atoms with Gasteiger partial charge in [0.1, 0.15) is 0 Å². The molecule has 1 atom stereocenters. The van der Waals surface area contributed by atoms with Crippen LogP contribution in [0.25, 0.3) is 10.7 Å². The van der Waals surface area contributed by atoms with Crippen molar-refractivity contribution in [3.05, 3.63) is 71.4 Å². The molecule has 0 unspecified atom stereocenters. The first-order chi connectivity index (χ1) is 13.4. The van der Waals surface area contributed by atoms with Crippen LogP contribution in [0, 0.1) is 0 Å². The molecule has 4 rings (SSSR count). The molecule has 0 saturated carbocycles. The maximum atomic E-state index is 4.48. The fourth-order valence-corrected chi connectivity index (χ4v) is 4.38. The number of benzene rings is 1. The smallest absolute Gasteiger partial charge is 0.169 e. The van der Waals surface area contributed by atoms with Gasteiger partial charge in [0.25, 0.3) is 0 Å². The second-order valence-corrected chi connectivity index (χ2v) is 8.07. The number of aromatic nitrogens is 2. The number of rotatable bonds is 7. The number of hydrogen-bond donors (Lipinski definition) is 1. The van der Waals surface area contributed by atoms with Crippen molar-refractivity contribution >= 4 is 11.3 Å². The molecule has 0 bridgehead atoms. The maximum absolute atomic E-state index is 4.48. The lowest BCUT2D eigenvalue weighted by Gasteiger charge is -2.33. The number of piperidine rings is 1. The zero-order valence-electron chi connectivity index (χ0n) is 15.6. The van der Waals surface area contributed by atoms with E-state index in [-0.39, 0.29) is 0 Å². The van der Waals surface area contributed by atoms with Gasteiger partial charge >= 0.3 is 0 Å². The third-order valence-corrected chi connectivity index (χ3v) is 6.02. The normalized spacial score (nSPS) is 17.9. The molecule has 3 aromatic rings. The first-order valence-corrected chi connectivity index (χ1v) is 10.6. The highest BCUT2D eigenvalue weighted by Crippen LogP contribution is 2.26. The fourth-order valence-electron chi connectivity index (χ4n) is 3.70. The summed E-state index contributed by atoms with van der Waals surface area (Å²) in [5.74, 6) is 1.49. The minimum atomic E-state index is 0.679. The van der Waals surface area contributed by atoms with Crippen molar-refractivity contribution < 1.29 is 0 Å². The Morgan fingerprint density at radius 2 is 1.93 bits per heavy atom. The monoisotopic (exact) mass is 378 g/mol. The summed E-state index contributed by atoms with van der Waals surface area (Å²) >= 11 is 1.67. The van der Waals surface area contributed by atoms with Crippen LogP contribution < -0.4 is 5.32 Å². The van der Waals surface area contributed by atoms with Crippen molar-refractivity contribution in [2.24, 2.45) is 0 Å². The summed E-state index contributed by atoms with van der Waals surface area (Å²) < 4.78 is 0. The van der Waals surface area contributed by atoms with E-state index in [1.165, 1.54) is 31.5 Å². The molecule has 1 aliphatic rings. The Balaban J connectivity index is 1.21. The molecule has 0 spiro atoms. The molecule has 1 saturated heterocycles. The fraction of sp³-hybridized carbons (Fsp3) is 0.364. The number of nitrogens with zero attached hydrogens (tertiary/aromatic N) is 3. The average molecular weight is 379 g/mol. The van der Waals surface area contributed by atoms with E-state index in [1.54, 1.807) is 11.3 Å². The van der Waals surface area contributed by atoms with E-state index in [0.29, 0.717) is 5.92 Å². The van der Waals surface area contributed by atoms with Crippen LogP contribution in [-0.4, -0.2) is 41.0 Å². The van der Waals surface area contributed by atoms with E-state index >= 15 is 0 Å². The van der Waals surface area contributed by atoms with Gasteiger partial charge in [-0.1, -0.05) is 36.4 Å². The molecule has 1 N–H and O–H groups in total. The topological polar surface area (TPSA) is 41.0 Å². The van der Waals surface area contributed by atoms with Crippen LogP contribution in [0.5, 0.6) is 0 Å². The molecule has 3 heterocycles. The number of nitrogens with one attached hydrogen (secondary N) is 1. The Labute approximate surface area is 165 Å². The molecular weight excluding hydrogens is 352 g/mol. The minimum Gasteiger partial charge on any atom is -0.311 e. The molecule has 0 aliphatic carbocycles. The van der Waals surface area contributed by atoms with Crippen molar-refractivity contribution in [2.75, 3.05) is 26.2 Å².